The SMILES string of the molecule is CC1=NC(=O)NC(c2cc(Br)cs2)C1C(=O)Nc1ccc2[nH]ncc2c1. The third kappa shape index (κ3) is 3.15. The molecule has 1 aliphatic heterocycles. The Balaban J connectivity index is 1.64. The fourth-order valence-corrected chi connectivity index (χ4v) is 4.56. The second kappa shape index (κ2) is 6.65. The Morgan fingerprint density at radius 2 is 2.19 bits per heavy atom. The highest BCUT2D eigenvalue weighted by atomic mass is 79.9. The van der Waals surface area contributed by atoms with E-state index in [1.807, 2.05) is 29.6 Å². The molecule has 0 bridgehead atoms. The van der Waals surface area contributed by atoms with E-state index in [0.29, 0.717) is 11.4 Å². The largest absolute Gasteiger partial charge is 0.341 e. The number of rotatable bonds is 3. The van der Waals surface area contributed by atoms with Crippen molar-refractivity contribution in [3.63, 3.8) is 0 Å². The number of hydrogen-bond donors (Lipinski definition) is 3. The topological polar surface area (TPSA) is 99.2 Å². The number of hydrogen-bond acceptors (Lipinski definition) is 4. The summed E-state index contributed by atoms with van der Waals surface area (Å²) in [7, 11) is 0. The van der Waals surface area contributed by atoms with Crippen LogP contribution in [0.5, 0.6) is 0 Å². The molecule has 3 N–H and O–H groups in total. The Morgan fingerprint density at radius 3 is 2.96 bits per heavy atom. The summed E-state index contributed by atoms with van der Waals surface area (Å²) in [5.74, 6) is -0.804. The molecule has 1 aliphatic rings. The van der Waals surface area contributed by atoms with Gasteiger partial charge in [0.2, 0.25) is 5.91 Å². The summed E-state index contributed by atoms with van der Waals surface area (Å²) in [5, 5.41) is 15.4. The Morgan fingerprint density at radius 1 is 1.35 bits per heavy atom. The molecule has 1 aromatic carbocycles. The number of nitrogens with one attached hydrogen (secondary N) is 3. The van der Waals surface area contributed by atoms with E-state index >= 15 is 0 Å². The highest BCUT2D eigenvalue weighted by molar-refractivity contribution is 9.10. The van der Waals surface area contributed by atoms with Gasteiger partial charge in [-0.1, -0.05) is 0 Å². The molecular formula is C17H14BrN5O2S. The number of urea groups is 1. The minimum atomic E-state index is -0.585. The van der Waals surface area contributed by atoms with E-state index in [1.54, 1.807) is 13.1 Å². The first kappa shape index (κ1) is 16.9. The number of aliphatic imine (C=N–C) groups is 1. The summed E-state index contributed by atoms with van der Waals surface area (Å²) >= 11 is 4.90. The monoisotopic (exact) mass is 431 g/mol. The lowest BCUT2D eigenvalue weighted by Crippen LogP contribution is -2.45. The zero-order valence-electron chi connectivity index (χ0n) is 13.6. The number of fused-ring (bicyclic) bond motifs is 1. The molecule has 3 heterocycles. The van der Waals surface area contributed by atoms with Crippen LogP contribution in [-0.4, -0.2) is 27.8 Å². The smallest absolute Gasteiger partial charge is 0.327 e. The first-order valence-electron chi connectivity index (χ1n) is 7.85. The van der Waals surface area contributed by atoms with Crippen molar-refractivity contribution in [3.05, 3.63) is 45.2 Å². The lowest BCUT2D eigenvalue weighted by Gasteiger charge is -2.29. The van der Waals surface area contributed by atoms with Gasteiger partial charge in [0.25, 0.3) is 0 Å². The standard InChI is InChI=1S/C17H14BrN5O2S/c1-8-14(15(22-17(25)20-8)13-5-10(18)7-26-13)16(24)21-11-2-3-12-9(4-11)6-19-23-12/h2-7,14-15H,1H3,(H,19,23)(H,21,24)(H,22,25). The molecule has 9 heteroatoms. The van der Waals surface area contributed by atoms with Gasteiger partial charge >= 0.3 is 6.03 Å². The van der Waals surface area contributed by atoms with Gasteiger partial charge in [0, 0.05) is 31.5 Å². The number of amides is 3. The summed E-state index contributed by atoms with van der Waals surface area (Å²) in [5.41, 5.74) is 2.05. The Kier molecular flexibility index (Phi) is 4.33. The Labute approximate surface area is 161 Å². The maximum Gasteiger partial charge on any atom is 0.341 e. The highest BCUT2D eigenvalue weighted by Gasteiger charge is 2.37. The second-order valence-corrected chi connectivity index (χ2v) is 7.85. The minimum Gasteiger partial charge on any atom is -0.327 e. The third-order valence-electron chi connectivity index (χ3n) is 4.22. The maximum atomic E-state index is 13.0. The van der Waals surface area contributed by atoms with Crippen LogP contribution in [-0.2, 0) is 4.79 Å². The molecule has 2 atom stereocenters. The van der Waals surface area contributed by atoms with Crippen LogP contribution in [0.1, 0.15) is 17.8 Å². The van der Waals surface area contributed by atoms with Gasteiger partial charge in [-0.15, -0.1) is 11.3 Å². The number of H-pyrrole nitrogens is 1. The molecule has 0 spiro atoms. The molecule has 2 aromatic heterocycles. The van der Waals surface area contributed by atoms with Crippen LogP contribution in [0.15, 0.2) is 45.3 Å². The van der Waals surface area contributed by atoms with Gasteiger partial charge in [-0.3, -0.25) is 9.89 Å². The molecule has 7 nitrogen and oxygen atoms in total. The van der Waals surface area contributed by atoms with E-state index in [1.165, 1.54) is 11.3 Å². The number of halogens is 1. The van der Waals surface area contributed by atoms with Crippen molar-refractivity contribution in [1.29, 1.82) is 0 Å². The quantitative estimate of drug-likeness (QED) is 0.586. The molecular weight excluding hydrogens is 418 g/mol. The molecule has 3 aromatic rings. The lowest BCUT2D eigenvalue weighted by molar-refractivity contribution is -0.118. The van der Waals surface area contributed by atoms with Crippen LogP contribution in [0.25, 0.3) is 10.9 Å². The van der Waals surface area contributed by atoms with Gasteiger partial charge in [0.05, 0.1) is 17.8 Å². The van der Waals surface area contributed by atoms with E-state index < -0.39 is 18.0 Å². The predicted molar refractivity (Wildman–Crippen MR) is 105 cm³/mol. The second-order valence-electron chi connectivity index (χ2n) is 5.99. The average molecular weight is 432 g/mol. The first-order chi connectivity index (χ1) is 12.5. The maximum absolute atomic E-state index is 13.0. The van der Waals surface area contributed by atoms with Gasteiger partial charge in [0.1, 0.15) is 5.92 Å². The van der Waals surface area contributed by atoms with Crippen LogP contribution >= 0.6 is 27.3 Å². The third-order valence-corrected chi connectivity index (χ3v) is 6.00. The summed E-state index contributed by atoms with van der Waals surface area (Å²) in [6, 6.07) is 6.54. The normalized spacial score (nSPS) is 19.9. The lowest BCUT2D eigenvalue weighted by atomic mass is 9.91. The number of aromatic amines is 1. The number of anilines is 1. The highest BCUT2D eigenvalue weighted by Crippen LogP contribution is 2.33. The summed E-state index contributed by atoms with van der Waals surface area (Å²) in [6.45, 7) is 1.71. The van der Waals surface area contributed by atoms with Gasteiger partial charge < -0.3 is 10.6 Å². The van der Waals surface area contributed by atoms with Crippen LogP contribution < -0.4 is 10.6 Å². The van der Waals surface area contributed by atoms with Crippen LogP contribution in [0, 0.1) is 5.92 Å². The predicted octanol–water partition coefficient (Wildman–Crippen LogP) is 3.87. The van der Waals surface area contributed by atoms with E-state index in [2.05, 4.69) is 41.8 Å². The molecule has 0 radical (unpaired) electrons. The van der Waals surface area contributed by atoms with Crippen molar-refractivity contribution in [2.45, 2.75) is 13.0 Å². The first-order valence-corrected chi connectivity index (χ1v) is 9.52. The molecule has 3 amide bonds. The number of nitrogens with zero attached hydrogens (tertiary/aromatic N) is 2. The number of carbonyl (C=O) groups excluding carboxylic acids is 2. The molecule has 132 valence electrons. The summed E-state index contributed by atoms with van der Waals surface area (Å²) in [4.78, 5) is 29.7. The van der Waals surface area contributed by atoms with E-state index in [4.69, 9.17) is 0 Å². The van der Waals surface area contributed by atoms with Crippen molar-refractivity contribution in [3.8, 4) is 0 Å². The van der Waals surface area contributed by atoms with E-state index in [0.717, 1.165) is 20.3 Å². The van der Waals surface area contributed by atoms with Crippen molar-refractivity contribution < 1.29 is 9.59 Å². The van der Waals surface area contributed by atoms with Crippen molar-refractivity contribution in [2.75, 3.05) is 5.32 Å². The van der Waals surface area contributed by atoms with Crippen molar-refractivity contribution in [1.82, 2.24) is 15.5 Å². The fraction of sp³-hybridized carbons (Fsp3) is 0.176. The number of aromatic nitrogens is 2. The van der Waals surface area contributed by atoms with Crippen LogP contribution in [0.4, 0.5) is 10.5 Å². The Bertz CT molecular complexity index is 1040. The van der Waals surface area contributed by atoms with Gasteiger partial charge in [-0.05, 0) is 47.1 Å². The molecule has 0 aliphatic carbocycles. The van der Waals surface area contributed by atoms with E-state index in [-0.39, 0.29) is 5.91 Å². The molecule has 2 unspecified atom stereocenters. The van der Waals surface area contributed by atoms with Crippen molar-refractivity contribution >= 4 is 61.5 Å². The molecule has 0 saturated heterocycles. The van der Waals surface area contributed by atoms with Crippen molar-refractivity contribution in [2.24, 2.45) is 10.9 Å². The number of carbonyl (C=O) groups is 2. The minimum absolute atomic E-state index is 0.219. The molecule has 26 heavy (non-hydrogen) atoms. The van der Waals surface area contributed by atoms with E-state index in [9.17, 15) is 9.59 Å². The van der Waals surface area contributed by atoms with Gasteiger partial charge in [0.15, 0.2) is 0 Å². The van der Waals surface area contributed by atoms with Crippen LogP contribution in [0.3, 0.4) is 0 Å². The van der Waals surface area contributed by atoms with Gasteiger partial charge in [-0.2, -0.15) is 5.10 Å². The number of benzene rings is 1. The molecule has 0 fully saturated rings. The zero-order valence-corrected chi connectivity index (χ0v) is 16.0. The van der Waals surface area contributed by atoms with Gasteiger partial charge in [-0.25, -0.2) is 9.79 Å². The average Bonchev–Trinajstić information content (AvgIpc) is 3.22. The Hall–Kier alpha value is -2.52. The number of thiophene rings is 1. The van der Waals surface area contributed by atoms with Crippen LogP contribution in [0.2, 0.25) is 0 Å². The molecule has 0 saturated carbocycles. The summed E-state index contributed by atoms with van der Waals surface area (Å²) < 4.78 is 0.913. The zero-order chi connectivity index (χ0) is 18.3. The summed E-state index contributed by atoms with van der Waals surface area (Å²) in [6.07, 6.45) is 1.70. The fourth-order valence-electron chi connectivity index (χ4n) is 3.03. The molecule has 4 rings (SSSR count).